The number of anilines is 1. The summed E-state index contributed by atoms with van der Waals surface area (Å²) in [7, 11) is 0. The minimum atomic E-state index is -0.149. The molecule has 0 N–H and O–H groups in total. The van der Waals surface area contributed by atoms with E-state index in [0.29, 0.717) is 30.6 Å². The Morgan fingerprint density at radius 2 is 2.12 bits per heavy atom. The molecule has 134 valence electrons. The molecule has 0 spiro atoms. The van der Waals surface area contributed by atoms with Gasteiger partial charge in [0.2, 0.25) is 5.88 Å². The first-order chi connectivity index (χ1) is 12.1. The summed E-state index contributed by atoms with van der Waals surface area (Å²) in [5.41, 5.74) is 1.28. The summed E-state index contributed by atoms with van der Waals surface area (Å²) in [6.45, 7) is 7.30. The monoisotopic (exact) mass is 380 g/mol. The molecule has 0 unspecified atom stereocenters. The number of nitrogens with zero attached hydrogens (tertiary/aromatic N) is 4. The van der Waals surface area contributed by atoms with E-state index >= 15 is 0 Å². The lowest BCUT2D eigenvalue weighted by Crippen LogP contribution is -2.35. The molecule has 25 heavy (non-hydrogen) atoms. The minimum absolute atomic E-state index is 0.149. The van der Waals surface area contributed by atoms with Crippen LogP contribution in [0.25, 0.3) is 0 Å². The van der Waals surface area contributed by atoms with Gasteiger partial charge >= 0.3 is 0 Å². The molecule has 0 aromatic carbocycles. The Labute approximate surface area is 156 Å². The van der Waals surface area contributed by atoms with Crippen LogP contribution in [-0.2, 0) is 0 Å². The highest BCUT2D eigenvalue weighted by Crippen LogP contribution is 2.23. The molecule has 0 bridgehead atoms. The van der Waals surface area contributed by atoms with Crippen LogP contribution in [0.15, 0.2) is 17.5 Å². The normalized spacial score (nSPS) is 15.2. The van der Waals surface area contributed by atoms with Gasteiger partial charge < -0.3 is 14.5 Å². The average Bonchev–Trinajstić information content (AvgIpc) is 2.89. The molecule has 1 saturated heterocycles. The second-order valence-corrected chi connectivity index (χ2v) is 7.06. The summed E-state index contributed by atoms with van der Waals surface area (Å²) in [6, 6.07) is 3.34. The van der Waals surface area contributed by atoms with E-state index < -0.39 is 0 Å². The first kappa shape index (κ1) is 17.9. The predicted molar refractivity (Wildman–Crippen MR) is 100 cm³/mol. The molecule has 2 aromatic heterocycles. The lowest BCUT2D eigenvalue weighted by atomic mass is 10.3. The standard InChI is InChI=1S/C17H21ClN4O2S/c1-3-24-14-6-5-13(18)15(20-14)16(23)21-7-4-8-22(10-9-21)17-19-12(2)11-25-17/h5-6,11H,3-4,7-10H2,1-2H3. The number of halogens is 1. The number of hydrogen-bond acceptors (Lipinski definition) is 6. The molecule has 0 atom stereocenters. The smallest absolute Gasteiger partial charge is 0.274 e. The zero-order valence-corrected chi connectivity index (χ0v) is 15.9. The van der Waals surface area contributed by atoms with E-state index in [4.69, 9.17) is 16.3 Å². The van der Waals surface area contributed by atoms with Gasteiger partial charge in [0.1, 0.15) is 0 Å². The lowest BCUT2D eigenvalue weighted by molar-refractivity contribution is 0.0760. The largest absolute Gasteiger partial charge is 0.478 e. The van der Waals surface area contributed by atoms with E-state index in [0.717, 1.165) is 30.3 Å². The third kappa shape index (κ3) is 4.22. The SMILES string of the molecule is CCOc1ccc(Cl)c(C(=O)N2CCCN(c3nc(C)cs3)CC2)n1. The van der Waals surface area contributed by atoms with E-state index in [1.165, 1.54) is 0 Å². The van der Waals surface area contributed by atoms with Crippen LogP contribution in [0.3, 0.4) is 0 Å². The van der Waals surface area contributed by atoms with Crippen LogP contribution in [0.2, 0.25) is 5.02 Å². The van der Waals surface area contributed by atoms with E-state index in [2.05, 4.69) is 14.9 Å². The fraction of sp³-hybridized carbons (Fsp3) is 0.471. The van der Waals surface area contributed by atoms with Gasteiger partial charge in [0.05, 0.1) is 17.3 Å². The number of pyridine rings is 1. The number of ether oxygens (including phenoxy) is 1. The summed E-state index contributed by atoms with van der Waals surface area (Å²) in [5.74, 6) is 0.272. The van der Waals surface area contributed by atoms with Crippen molar-refractivity contribution in [1.82, 2.24) is 14.9 Å². The molecule has 1 aliphatic heterocycles. The molecule has 0 radical (unpaired) electrons. The van der Waals surface area contributed by atoms with Crippen LogP contribution in [0.4, 0.5) is 5.13 Å². The van der Waals surface area contributed by atoms with E-state index in [1.54, 1.807) is 23.5 Å². The van der Waals surface area contributed by atoms with Crippen LogP contribution in [-0.4, -0.2) is 53.6 Å². The first-order valence-electron chi connectivity index (χ1n) is 8.34. The molecule has 1 aliphatic rings. The van der Waals surface area contributed by atoms with Crippen molar-refractivity contribution in [3.8, 4) is 5.88 Å². The van der Waals surface area contributed by atoms with Crippen LogP contribution >= 0.6 is 22.9 Å². The van der Waals surface area contributed by atoms with Crippen LogP contribution in [0.1, 0.15) is 29.5 Å². The Hall–Kier alpha value is -1.86. The average molecular weight is 381 g/mol. The number of rotatable bonds is 4. The molecule has 0 saturated carbocycles. The van der Waals surface area contributed by atoms with Crippen molar-refractivity contribution in [2.24, 2.45) is 0 Å². The lowest BCUT2D eigenvalue weighted by Gasteiger charge is -2.22. The number of carbonyl (C=O) groups excluding carboxylic acids is 1. The molecule has 8 heteroatoms. The van der Waals surface area contributed by atoms with Gasteiger partial charge in [-0.05, 0) is 26.3 Å². The van der Waals surface area contributed by atoms with Gasteiger partial charge in [-0.3, -0.25) is 4.79 Å². The van der Waals surface area contributed by atoms with E-state index in [-0.39, 0.29) is 11.6 Å². The number of aryl methyl sites for hydroxylation is 1. The minimum Gasteiger partial charge on any atom is -0.478 e. The van der Waals surface area contributed by atoms with Gasteiger partial charge in [-0.1, -0.05) is 11.6 Å². The topological polar surface area (TPSA) is 58.6 Å². The molecular weight excluding hydrogens is 360 g/mol. The van der Waals surface area contributed by atoms with Crippen molar-refractivity contribution in [2.75, 3.05) is 37.7 Å². The number of hydrogen-bond donors (Lipinski definition) is 0. The van der Waals surface area contributed by atoms with E-state index in [1.807, 2.05) is 24.1 Å². The number of aromatic nitrogens is 2. The number of amides is 1. The molecule has 2 aromatic rings. The third-order valence-electron chi connectivity index (χ3n) is 3.98. The molecule has 1 amide bonds. The maximum atomic E-state index is 12.9. The zero-order chi connectivity index (χ0) is 17.8. The summed E-state index contributed by atoms with van der Waals surface area (Å²) < 4.78 is 5.39. The quantitative estimate of drug-likeness (QED) is 0.814. The molecule has 1 fully saturated rings. The second-order valence-electron chi connectivity index (χ2n) is 5.82. The molecule has 6 nitrogen and oxygen atoms in total. The van der Waals surface area contributed by atoms with Gasteiger partial charge in [-0.2, -0.15) is 0 Å². The Morgan fingerprint density at radius 1 is 1.28 bits per heavy atom. The zero-order valence-electron chi connectivity index (χ0n) is 14.4. The van der Waals surface area contributed by atoms with Gasteiger partial charge in [-0.25, -0.2) is 9.97 Å². The van der Waals surface area contributed by atoms with Crippen LogP contribution < -0.4 is 9.64 Å². The van der Waals surface area contributed by atoms with Crippen molar-refractivity contribution < 1.29 is 9.53 Å². The van der Waals surface area contributed by atoms with Gasteiger partial charge in [-0.15, -0.1) is 11.3 Å². The van der Waals surface area contributed by atoms with Crippen molar-refractivity contribution in [3.63, 3.8) is 0 Å². The summed E-state index contributed by atoms with van der Waals surface area (Å²) in [4.78, 5) is 25.7. The Bertz CT molecular complexity index is 752. The molecule has 3 heterocycles. The third-order valence-corrected chi connectivity index (χ3v) is 5.30. The van der Waals surface area contributed by atoms with Crippen LogP contribution in [0, 0.1) is 6.92 Å². The van der Waals surface area contributed by atoms with E-state index in [9.17, 15) is 4.79 Å². The summed E-state index contributed by atoms with van der Waals surface area (Å²) in [6.07, 6.45) is 0.882. The van der Waals surface area contributed by atoms with Gasteiger partial charge in [0.25, 0.3) is 5.91 Å². The Kier molecular flexibility index (Phi) is 5.75. The maximum Gasteiger partial charge on any atom is 0.274 e. The van der Waals surface area contributed by atoms with Crippen molar-refractivity contribution in [3.05, 3.63) is 33.9 Å². The second kappa shape index (κ2) is 8.01. The summed E-state index contributed by atoms with van der Waals surface area (Å²) in [5, 5.41) is 3.41. The number of thiazole rings is 1. The Morgan fingerprint density at radius 3 is 2.84 bits per heavy atom. The number of carbonyl (C=O) groups is 1. The van der Waals surface area contributed by atoms with Crippen molar-refractivity contribution >= 4 is 34.0 Å². The van der Waals surface area contributed by atoms with Crippen LogP contribution in [0.5, 0.6) is 5.88 Å². The molecule has 0 aliphatic carbocycles. The fourth-order valence-electron chi connectivity index (χ4n) is 2.75. The summed E-state index contributed by atoms with van der Waals surface area (Å²) >= 11 is 7.84. The highest BCUT2D eigenvalue weighted by Gasteiger charge is 2.24. The molecule has 3 rings (SSSR count). The first-order valence-corrected chi connectivity index (χ1v) is 9.60. The highest BCUT2D eigenvalue weighted by atomic mass is 35.5. The van der Waals surface area contributed by atoms with Gasteiger partial charge in [0.15, 0.2) is 10.8 Å². The van der Waals surface area contributed by atoms with Crippen molar-refractivity contribution in [2.45, 2.75) is 20.3 Å². The highest BCUT2D eigenvalue weighted by molar-refractivity contribution is 7.13. The predicted octanol–water partition coefficient (Wildman–Crippen LogP) is 3.25. The molecular formula is C17H21ClN4O2S. The maximum absolute atomic E-state index is 12.9. The van der Waals surface area contributed by atoms with Crippen molar-refractivity contribution in [1.29, 1.82) is 0 Å². The Balaban J connectivity index is 1.72. The fourth-order valence-corrected chi connectivity index (χ4v) is 3.79. The van der Waals surface area contributed by atoms with Gasteiger partial charge in [0, 0.05) is 37.6 Å².